The zero-order valence-corrected chi connectivity index (χ0v) is 22.2. The largest absolute Gasteiger partial charge is 0.490 e. The summed E-state index contributed by atoms with van der Waals surface area (Å²) in [5.41, 5.74) is 3.48. The molecule has 0 aromatic heterocycles. The Labute approximate surface area is 223 Å². The summed E-state index contributed by atoms with van der Waals surface area (Å²) < 4.78 is 6.45. The number of carboxylic acid groups (broad SMARTS) is 1. The average molecular weight is 523 g/mol. The molecule has 1 saturated carbocycles. The summed E-state index contributed by atoms with van der Waals surface area (Å²) in [5.74, 6) is 0.684. The Balaban J connectivity index is 1.48. The smallest absolute Gasteiger partial charge is 0.335 e. The van der Waals surface area contributed by atoms with Crippen LogP contribution in [0.1, 0.15) is 54.1 Å². The van der Waals surface area contributed by atoms with Gasteiger partial charge in [-0.3, -0.25) is 4.79 Å². The maximum absolute atomic E-state index is 12.1. The van der Waals surface area contributed by atoms with Crippen LogP contribution in [0.5, 0.6) is 5.75 Å². The van der Waals surface area contributed by atoms with Gasteiger partial charge in [0.1, 0.15) is 5.75 Å². The lowest BCUT2D eigenvalue weighted by atomic mass is 9.69. The third-order valence-corrected chi connectivity index (χ3v) is 8.80. The number of amides is 1. The first kappa shape index (κ1) is 25.7. The molecule has 196 valence electrons. The number of fused-ring (bicyclic) bond motifs is 3. The first-order valence-electron chi connectivity index (χ1n) is 13.2. The third-order valence-electron chi connectivity index (χ3n) is 8.56. The number of carbonyl (C=O) groups is 2. The highest BCUT2D eigenvalue weighted by Gasteiger charge is 2.43. The molecule has 0 saturated heterocycles. The van der Waals surface area contributed by atoms with Crippen LogP contribution in [0.25, 0.3) is 0 Å². The van der Waals surface area contributed by atoms with Gasteiger partial charge in [-0.05, 0) is 85.4 Å². The number of benzene rings is 2. The molecule has 1 aliphatic heterocycles. The van der Waals surface area contributed by atoms with Gasteiger partial charge in [-0.2, -0.15) is 0 Å². The lowest BCUT2D eigenvalue weighted by molar-refractivity contribution is -0.129. The fraction of sp³-hybridized carbons (Fsp3) is 0.467. The lowest BCUT2D eigenvalue weighted by Crippen LogP contribution is -2.49. The van der Waals surface area contributed by atoms with Crippen LogP contribution in [0.3, 0.4) is 0 Å². The summed E-state index contributed by atoms with van der Waals surface area (Å²) in [6, 6.07) is 11.4. The maximum atomic E-state index is 12.1. The number of halogens is 1. The van der Waals surface area contributed by atoms with Crippen LogP contribution in [-0.2, 0) is 16.6 Å². The summed E-state index contributed by atoms with van der Waals surface area (Å²) in [5, 5.41) is 10.5. The van der Waals surface area contributed by atoms with Crippen molar-refractivity contribution in [1.82, 2.24) is 4.90 Å². The molecule has 3 atom stereocenters. The SMILES string of the molecule is C=CCN(C[C@@H]1CC[C@H]1CN1C[C@@]2(CCCc3cc(Cl)ccc32)COc2ccc(C(=O)O)cc21)C(C)=O. The highest BCUT2D eigenvalue weighted by atomic mass is 35.5. The number of ether oxygens (including phenoxy) is 1. The van der Waals surface area contributed by atoms with Gasteiger partial charge in [0.2, 0.25) is 5.91 Å². The zero-order chi connectivity index (χ0) is 26.2. The molecule has 1 heterocycles. The third kappa shape index (κ3) is 5.08. The Kier molecular flexibility index (Phi) is 7.21. The van der Waals surface area contributed by atoms with E-state index >= 15 is 0 Å². The van der Waals surface area contributed by atoms with E-state index in [1.807, 2.05) is 11.0 Å². The van der Waals surface area contributed by atoms with Crippen molar-refractivity contribution < 1.29 is 19.4 Å². The molecule has 6 nitrogen and oxygen atoms in total. The first-order valence-corrected chi connectivity index (χ1v) is 13.6. The Bertz CT molecular complexity index is 1210. The van der Waals surface area contributed by atoms with Crippen LogP contribution >= 0.6 is 11.6 Å². The Hall–Kier alpha value is -2.99. The van der Waals surface area contributed by atoms with Crippen molar-refractivity contribution in [3.05, 3.63) is 70.8 Å². The quantitative estimate of drug-likeness (QED) is 0.481. The van der Waals surface area contributed by atoms with Gasteiger partial charge < -0.3 is 19.6 Å². The van der Waals surface area contributed by atoms with Crippen LogP contribution < -0.4 is 9.64 Å². The van der Waals surface area contributed by atoms with E-state index in [-0.39, 0.29) is 16.9 Å². The molecule has 7 heteroatoms. The Morgan fingerprint density at radius 1 is 1.24 bits per heavy atom. The van der Waals surface area contributed by atoms with Gasteiger partial charge in [0.15, 0.2) is 0 Å². The van der Waals surface area contributed by atoms with Crippen molar-refractivity contribution in [2.24, 2.45) is 11.8 Å². The van der Waals surface area contributed by atoms with Crippen molar-refractivity contribution in [2.45, 2.75) is 44.4 Å². The predicted molar refractivity (Wildman–Crippen MR) is 146 cm³/mol. The Morgan fingerprint density at radius 3 is 2.76 bits per heavy atom. The predicted octanol–water partition coefficient (Wildman–Crippen LogP) is 5.57. The normalized spacial score (nSPS) is 24.2. The van der Waals surface area contributed by atoms with Crippen molar-refractivity contribution in [3.63, 3.8) is 0 Å². The van der Waals surface area contributed by atoms with E-state index in [1.165, 1.54) is 11.1 Å². The van der Waals surface area contributed by atoms with Crippen LogP contribution in [-0.4, -0.2) is 54.7 Å². The lowest BCUT2D eigenvalue weighted by Gasteiger charge is -2.45. The van der Waals surface area contributed by atoms with Crippen LogP contribution in [0, 0.1) is 11.8 Å². The molecule has 1 N–H and O–H groups in total. The van der Waals surface area contributed by atoms with E-state index in [0.717, 1.165) is 68.2 Å². The molecular weight excluding hydrogens is 488 g/mol. The van der Waals surface area contributed by atoms with E-state index in [9.17, 15) is 14.7 Å². The molecule has 37 heavy (non-hydrogen) atoms. The standard InChI is InChI=1S/C30H35ClN2O4/c1-3-13-32(20(2)34)16-23-6-7-24(23)17-33-18-30(12-4-5-21-14-25(31)9-10-26(21)30)19-37-28-11-8-22(29(35)36)15-27(28)33/h3,8-11,14-15,23-24H,1,4-7,12-13,16-19H2,2H3,(H,35,36)/t23-,24-,30-/m0/s1. The van der Waals surface area contributed by atoms with Crippen molar-refractivity contribution in [3.8, 4) is 5.75 Å². The van der Waals surface area contributed by atoms with Gasteiger partial charge in [-0.25, -0.2) is 4.79 Å². The van der Waals surface area contributed by atoms with Crippen LogP contribution in [0.4, 0.5) is 5.69 Å². The van der Waals surface area contributed by atoms with Crippen LogP contribution in [0.15, 0.2) is 49.1 Å². The zero-order valence-electron chi connectivity index (χ0n) is 21.4. The monoisotopic (exact) mass is 522 g/mol. The number of carboxylic acids is 1. The summed E-state index contributed by atoms with van der Waals surface area (Å²) in [6.07, 6.45) is 7.02. The fourth-order valence-electron chi connectivity index (χ4n) is 6.42. The molecule has 0 unspecified atom stereocenters. The van der Waals surface area contributed by atoms with E-state index in [4.69, 9.17) is 16.3 Å². The molecule has 2 aromatic carbocycles. The summed E-state index contributed by atoms with van der Waals surface area (Å²) in [7, 11) is 0. The van der Waals surface area contributed by atoms with Gasteiger partial charge in [0, 0.05) is 43.5 Å². The molecule has 2 aliphatic carbocycles. The number of aryl methyl sites for hydroxylation is 1. The average Bonchev–Trinajstić information content (AvgIpc) is 3.01. The maximum Gasteiger partial charge on any atom is 0.335 e. The molecule has 1 amide bonds. The van der Waals surface area contributed by atoms with E-state index in [2.05, 4.69) is 23.6 Å². The molecule has 2 aromatic rings. The van der Waals surface area contributed by atoms with Gasteiger partial charge in [-0.15, -0.1) is 6.58 Å². The van der Waals surface area contributed by atoms with Gasteiger partial charge >= 0.3 is 5.97 Å². The topological polar surface area (TPSA) is 70.1 Å². The minimum absolute atomic E-state index is 0.0709. The first-order chi connectivity index (χ1) is 17.8. The van der Waals surface area contributed by atoms with Crippen molar-refractivity contribution in [1.29, 1.82) is 0 Å². The molecule has 1 spiro atoms. The van der Waals surface area contributed by atoms with Crippen molar-refractivity contribution in [2.75, 3.05) is 37.7 Å². The number of anilines is 1. The Morgan fingerprint density at radius 2 is 2.05 bits per heavy atom. The summed E-state index contributed by atoms with van der Waals surface area (Å²) >= 11 is 6.35. The second-order valence-electron chi connectivity index (χ2n) is 10.9. The second-order valence-corrected chi connectivity index (χ2v) is 11.3. The molecular formula is C30H35ClN2O4. The molecule has 3 aliphatic rings. The highest BCUT2D eigenvalue weighted by molar-refractivity contribution is 6.30. The second kappa shape index (κ2) is 10.4. The number of hydrogen-bond acceptors (Lipinski definition) is 4. The van der Waals surface area contributed by atoms with Crippen LogP contribution in [0.2, 0.25) is 5.02 Å². The number of carbonyl (C=O) groups excluding carboxylic acids is 1. The minimum atomic E-state index is -0.942. The number of hydrogen-bond donors (Lipinski definition) is 1. The fourth-order valence-corrected chi connectivity index (χ4v) is 6.61. The van der Waals surface area contributed by atoms with Gasteiger partial charge in [0.05, 0.1) is 17.9 Å². The molecule has 0 bridgehead atoms. The summed E-state index contributed by atoms with van der Waals surface area (Å²) in [6.45, 7) is 8.80. The van der Waals surface area contributed by atoms with E-state index < -0.39 is 5.97 Å². The minimum Gasteiger partial charge on any atom is -0.490 e. The number of nitrogens with zero attached hydrogens (tertiary/aromatic N) is 2. The van der Waals surface area contributed by atoms with Gasteiger partial charge in [-0.1, -0.05) is 23.7 Å². The van der Waals surface area contributed by atoms with E-state index in [1.54, 1.807) is 31.2 Å². The number of aromatic carboxylic acids is 1. The molecule has 1 fully saturated rings. The van der Waals surface area contributed by atoms with Gasteiger partial charge in [0.25, 0.3) is 0 Å². The van der Waals surface area contributed by atoms with E-state index in [0.29, 0.717) is 25.0 Å². The summed E-state index contributed by atoms with van der Waals surface area (Å²) in [4.78, 5) is 28.2. The highest BCUT2D eigenvalue weighted by Crippen LogP contribution is 2.46. The molecule has 0 radical (unpaired) electrons. The van der Waals surface area contributed by atoms with Crippen molar-refractivity contribution >= 4 is 29.2 Å². The molecule has 5 rings (SSSR count). The number of rotatable bonds is 7.